The highest BCUT2D eigenvalue weighted by Gasteiger charge is 1.96. The molecule has 0 radical (unpaired) electrons. The molecule has 0 fully saturated rings. The van der Waals surface area contributed by atoms with Gasteiger partial charge in [0.2, 0.25) is 0 Å². The first-order valence-electron chi connectivity index (χ1n) is 2.09. The second-order valence-electron chi connectivity index (χ2n) is 1.26. The predicted molar refractivity (Wildman–Crippen MR) is 32.0 cm³/mol. The lowest BCUT2D eigenvalue weighted by Gasteiger charge is -1.96. The van der Waals surface area contributed by atoms with Crippen LogP contribution in [-0.4, -0.2) is 18.7 Å². The summed E-state index contributed by atoms with van der Waals surface area (Å²) < 4.78 is 4.56. The van der Waals surface area contributed by atoms with E-state index in [1.165, 1.54) is 7.11 Å². The van der Waals surface area contributed by atoms with Gasteiger partial charge in [0, 0.05) is 0 Å². The van der Waals surface area contributed by atoms with Crippen LogP contribution in [0.5, 0.6) is 0 Å². The van der Waals surface area contributed by atoms with Crippen LogP contribution in [0.1, 0.15) is 6.92 Å². The van der Waals surface area contributed by atoms with Gasteiger partial charge in [-0.1, -0.05) is 0 Å². The normalized spacial score (nSPS) is 11.0. The van der Waals surface area contributed by atoms with Crippen molar-refractivity contribution in [2.45, 2.75) is 6.92 Å². The summed E-state index contributed by atoms with van der Waals surface area (Å²) in [6.07, 6.45) is 0. The minimum Gasteiger partial charge on any atom is -0.479 e. The van der Waals surface area contributed by atoms with Crippen molar-refractivity contribution >= 4 is 11.6 Å². The zero-order valence-electron chi connectivity index (χ0n) is 4.93. The van der Waals surface area contributed by atoms with Gasteiger partial charge in [-0.2, -0.15) is 0 Å². The first kappa shape index (κ1) is 6.94. The Bertz CT molecular complexity index is 118. The number of rotatable bonds is 1. The van der Waals surface area contributed by atoms with Gasteiger partial charge in [-0.05, 0) is 6.92 Å². The summed E-state index contributed by atoms with van der Waals surface area (Å²) in [7, 11) is 1.42. The summed E-state index contributed by atoms with van der Waals surface area (Å²) >= 11 is 0. The third kappa shape index (κ3) is 1.59. The highest BCUT2D eigenvalue weighted by molar-refractivity contribution is 6.36. The van der Waals surface area contributed by atoms with E-state index >= 15 is 0 Å². The Balaban J connectivity index is 3.92. The van der Waals surface area contributed by atoms with E-state index in [1.807, 2.05) is 0 Å². The van der Waals surface area contributed by atoms with E-state index in [0.717, 1.165) is 0 Å². The minimum absolute atomic E-state index is 0.171. The summed E-state index contributed by atoms with van der Waals surface area (Å²) in [4.78, 5) is 0. The molecule has 0 amide bonds. The molecule has 0 aromatic heterocycles. The Labute approximate surface area is 47.8 Å². The molecule has 0 spiro atoms. The van der Waals surface area contributed by atoms with Crippen LogP contribution in [0.2, 0.25) is 0 Å². The second-order valence-corrected chi connectivity index (χ2v) is 1.26. The average molecular weight is 115 g/mol. The van der Waals surface area contributed by atoms with E-state index in [2.05, 4.69) is 9.84 Å². The fourth-order valence-corrected chi connectivity index (χ4v) is 0.303. The van der Waals surface area contributed by atoms with E-state index in [1.54, 1.807) is 6.92 Å². The van der Waals surface area contributed by atoms with Crippen molar-refractivity contribution < 1.29 is 4.74 Å². The summed E-state index contributed by atoms with van der Waals surface area (Å²) in [6, 6.07) is 0. The SMILES string of the molecule is COC(=NN)C(C)=N. The van der Waals surface area contributed by atoms with Gasteiger partial charge < -0.3 is 10.6 Å². The molecule has 0 saturated carbocycles. The number of hydrogen-bond acceptors (Lipinski definition) is 4. The second kappa shape index (κ2) is 3.01. The fraction of sp³-hybridized carbons (Fsp3) is 0.500. The molecular formula is C4H9N3O. The van der Waals surface area contributed by atoms with Crippen LogP contribution in [0.3, 0.4) is 0 Å². The lowest BCUT2D eigenvalue weighted by molar-refractivity contribution is 0.408. The van der Waals surface area contributed by atoms with E-state index in [9.17, 15) is 0 Å². The van der Waals surface area contributed by atoms with Crippen LogP contribution in [0.25, 0.3) is 0 Å². The van der Waals surface area contributed by atoms with Crippen molar-refractivity contribution in [2.24, 2.45) is 10.9 Å². The molecule has 0 aromatic rings. The Morgan fingerprint density at radius 2 is 2.25 bits per heavy atom. The molecule has 0 saturated heterocycles. The predicted octanol–water partition coefficient (Wildman–Crippen LogP) is -0.0553. The van der Waals surface area contributed by atoms with Crippen molar-refractivity contribution in [3.63, 3.8) is 0 Å². The smallest absolute Gasteiger partial charge is 0.250 e. The Hall–Kier alpha value is -1.06. The summed E-state index contributed by atoms with van der Waals surface area (Å²) in [5, 5.41) is 10.1. The first-order chi connectivity index (χ1) is 3.72. The highest BCUT2D eigenvalue weighted by atomic mass is 16.5. The van der Waals surface area contributed by atoms with Crippen LogP contribution in [0, 0.1) is 5.41 Å². The van der Waals surface area contributed by atoms with Crippen LogP contribution in [0.4, 0.5) is 0 Å². The van der Waals surface area contributed by atoms with Crippen LogP contribution < -0.4 is 5.84 Å². The highest BCUT2D eigenvalue weighted by Crippen LogP contribution is 1.77. The monoisotopic (exact) mass is 115 g/mol. The lowest BCUT2D eigenvalue weighted by Crippen LogP contribution is -2.13. The van der Waals surface area contributed by atoms with Gasteiger partial charge in [0.15, 0.2) is 0 Å². The van der Waals surface area contributed by atoms with Crippen LogP contribution in [0.15, 0.2) is 5.10 Å². The fourth-order valence-electron chi connectivity index (χ4n) is 0.303. The van der Waals surface area contributed by atoms with Crippen molar-refractivity contribution in [1.82, 2.24) is 0 Å². The maximum Gasteiger partial charge on any atom is 0.250 e. The summed E-state index contributed by atoms with van der Waals surface area (Å²) in [5.74, 6) is 4.98. The van der Waals surface area contributed by atoms with E-state index in [4.69, 9.17) is 11.3 Å². The van der Waals surface area contributed by atoms with E-state index in [-0.39, 0.29) is 11.6 Å². The standard InChI is InChI=1S/C4H9N3O/c1-3(5)4(7-6)8-2/h5H,6H2,1-2H3. The maximum absolute atomic E-state index is 6.92. The molecule has 0 heterocycles. The third-order valence-corrected chi connectivity index (χ3v) is 0.631. The van der Waals surface area contributed by atoms with Crippen molar-refractivity contribution in [3.05, 3.63) is 0 Å². The molecular weight excluding hydrogens is 106 g/mol. The van der Waals surface area contributed by atoms with Gasteiger partial charge in [-0.25, -0.2) is 0 Å². The van der Waals surface area contributed by atoms with Gasteiger partial charge in [-0.3, -0.25) is 5.41 Å². The molecule has 0 aliphatic heterocycles. The zero-order chi connectivity index (χ0) is 6.57. The lowest BCUT2D eigenvalue weighted by atomic mass is 10.4. The van der Waals surface area contributed by atoms with Crippen LogP contribution in [-0.2, 0) is 4.74 Å². The number of nitrogens with zero attached hydrogens (tertiary/aromatic N) is 1. The topological polar surface area (TPSA) is 71.5 Å². The number of hydrazone groups is 1. The molecule has 0 aromatic carbocycles. The number of hydrogen-bond donors (Lipinski definition) is 2. The molecule has 0 aliphatic carbocycles. The Morgan fingerprint density at radius 3 is 2.25 bits per heavy atom. The Morgan fingerprint density at radius 1 is 1.75 bits per heavy atom. The minimum atomic E-state index is 0.171. The van der Waals surface area contributed by atoms with Gasteiger partial charge >= 0.3 is 0 Å². The van der Waals surface area contributed by atoms with Gasteiger partial charge in [0.05, 0.1) is 12.8 Å². The first-order valence-corrected chi connectivity index (χ1v) is 2.09. The molecule has 8 heavy (non-hydrogen) atoms. The Kier molecular flexibility index (Phi) is 2.61. The van der Waals surface area contributed by atoms with Crippen LogP contribution >= 0.6 is 0 Å². The molecule has 0 atom stereocenters. The number of nitrogens with one attached hydrogen (secondary N) is 1. The molecule has 0 unspecified atom stereocenters. The third-order valence-electron chi connectivity index (χ3n) is 0.631. The van der Waals surface area contributed by atoms with Gasteiger partial charge in [-0.15, -0.1) is 5.10 Å². The largest absolute Gasteiger partial charge is 0.479 e. The molecule has 46 valence electrons. The average Bonchev–Trinajstić information content (AvgIpc) is 1.69. The number of nitrogens with two attached hydrogens (primary N) is 1. The molecule has 0 rings (SSSR count). The van der Waals surface area contributed by atoms with Gasteiger partial charge in [0.25, 0.3) is 5.90 Å². The zero-order valence-corrected chi connectivity index (χ0v) is 4.93. The molecule has 0 aliphatic rings. The molecule has 3 N–H and O–H groups in total. The van der Waals surface area contributed by atoms with Crippen molar-refractivity contribution in [2.75, 3.05) is 7.11 Å². The molecule has 4 nitrogen and oxygen atoms in total. The van der Waals surface area contributed by atoms with Crippen molar-refractivity contribution in [1.29, 1.82) is 5.41 Å². The van der Waals surface area contributed by atoms with Crippen molar-refractivity contribution in [3.8, 4) is 0 Å². The molecule has 0 bridgehead atoms. The number of methoxy groups -OCH3 is 1. The summed E-state index contributed by atoms with van der Waals surface area (Å²) in [5.41, 5.74) is 0.231. The van der Waals surface area contributed by atoms with E-state index in [0.29, 0.717) is 0 Å². The number of ether oxygens (including phenoxy) is 1. The quantitative estimate of drug-likeness (QED) is 0.217. The van der Waals surface area contributed by atoms with E-state index < -0.39 is 0 Å². The van der Waals surface area contributed by atoms with Gasteiger partial charge in [0.1, 0.15) is 0 Å². The summed E-state index contributed by atoms with van der Waals surface area (Å²) in [6.45, 7) is 1.55. The maximum atomic E-state index is 6.92. The molecule has 4 heteroatoms.